The summed E-state index contributed by atoms with van der Waals surface area (Å²) >= 11 is 5.95. The van der Waals surface area contributed by atoms with Gasteiger partial charge < -0.3 is 4.57 Å². The van der Waals surface area contributed by atoms with Gasteiger partial charge in [0.15, 0.2) is 0 Å². The van der Waals surface area contributed by atoms with Gasteiger partial charge in [-0.05, 0) is 42.7 Å². The van der Waals surface area contributed by atoms with E-state index in [0.717, 1.165) is 11.8 Å². The average molecular weight is 214 g/mol. The van der Waals surface area contributed by atoms with Crippen molar-refractivity contribution in [1.29, 1.82) is 0 Å². The fourth-order valence-corrected chi connectivity index (χ4v) is 2.47. The Bertz CT molecular complexity index is 310. The first-order valence-electron chi connectivity index (χ1n) is 5.23. The van der Waals surface area contributed by atoms with E-state index in [1.54, 1.807) is 6.33 Å². The van der Waals surface area contributed by atoms with Crippen LogP contribution in [0.2, 0.25) is 5.28 Å². The van der Waals surface area contributed by atoms with Crippen molar-refractivity contribution >= 4 is 11.6 Å². The van der Waals surface area contributed by atoms with Crippen LogP contribution in [0.4, 0.5) is 0 Å². The fourth-order valence-electron chi connectivity index (χ4n) is 2.25. The highest BCUT2D eigenvalue weighted by Gasteiger charge is 2.26. The molecule has 3 atom stereocenters. The molecule has 0 bridgehead atoms. The van der Waals surface area contributed by atoms with E-state index in [9.17, 15) is 0 Å². The molecule has 3 unspecified atom stereocenters. The molecule has 0 radical (unpaired) electrons. The Morgan fingerprint density at radius 1 is 1.36 bits per heavy atom. The van der Waals surface area contributed by atoms with E-state index in [4.69, 9.17) is 11.6 Å². The molecule has 0 aliphatic heterocycles. The van der Waals surface area contributed by atoms with Crippen LogP contribution in [0.25, 0.3) is 0 Å². The molecule has 3 nitrogen and oxygen atoms in total. The van der Waals surface area contributed by atoms with E-state index in [0.29, 0.717) is 11.3 Å². The third-order valence-electron chi connectivity index (χ3n) is 3.49. The molecule has 1 aliphatic rings. The number of hydrogen-bond donors (Lipinski definition) is 0. The lowest BCUT2D eigenvalue weighted by molar-refractivity contribution is 0.210. The standard InChI is InChI=1S/C10H16ClN3/c1-7-3-4-9(5-8(7)2)14-6-12-13-10(14)11/h6-9H,3-5H2,1-2H3. The maximum Gasteiger partial charge on any atom is 0.225 e. The maximum absolute atomic E-state index is 5.95. The number of halogens is 1. The van der Waals surface area contributed by atoms with Gasteiger partial charge in [0, 0.05) is 6.04 Å². The molecular weight excluding hydrogens is 198 g/mol. The monoisotopic (exact) mass is 213 g/mol. The largest absolute Gasteiger partial charge is 0.301 e. The van der Waals surface area contributed by atoms with Crippen molar-refractivity contribution in [3.05, 3.63) is 11.6 Å². The molecule has 2 rings (SSSR count). The molecule has 14 heavy (non-hydrogen) atoms. The van der Waals surface area contributed by atoms with Gasteiger partial charge in [-0.15, -0.1) is 10.2 Å². The summed E-state index contributed by atoms with van der Waals surface area (Å²) < 4.78 is 2.00. The zero-order valence-electron chi connectivity index (χ0n) is 8.65. The second kappa shape index (κ2) is 3.89. The fraction of sp³-hybridized carbons (Fsp3) is 0.800. The summed E-state index contributed by atoms with van der Waals surface area (Å²) in [5, 5.41) is 8.16. The first-order chi connectivity index (χ1) is 6.68. The molecule has 1 aliphatic carbocycles. The number of aromatic nitrogens is 3. The molecule has 78 valence electrons. The van der Waals surface area contributed by atoms with E-state index in [1.165, 1.54) is 19.3 Å². The Kier molecular flexibility index (Phi) is 2.77. The molecule has 0 amide bonds. The lowest BCUT2D eigenvalue weighted by Crippen LogP contribution is -2.23. The summed E-state index contributed by atoms with van der Waals surface area (Å²) in [6.45, 7) is 4.64. The summed E-state index contributed by atoms with van der Waals surface area (Å²) in [6.07, 6.45) is 5.41. The van der Waals surface area contributed by atoms with Crippen LogP contribution in [0, 0.1) is 11.8 Å². The third-order valence-corrected chi connectivity index (χ3v) is 3.76. The highest BCUT2D eigenvalue weighted by Crippen LogP contribution is 2.36. The van der Waals surface area contributed by atoms with Crippen LogP contribution >= 0.6 is 11.6 Å². The van der Waals surface area contributed by atoms with E-state index in [2.05, 4.69) is 24.0 Å². The van der Waals surface area contributed by atoms with Crippen LogP contribution in [-0.2, 0) is 0 Å². The first-order valence-corrected chi connectivity index (χ1v) is 5.61. The molecule has 1 saturated carbocycles. The normalized spacial score (nSPS) is 33.2. The van der Waals surface area contributed by atoms with E-state index >= 15 is 0 Å². The van der Waals surface area contributed by atoms with Crippen molar-refractivity contribution in [2.45, 2.75) is 39.2 Å². The minimum Gasteiger partial charge on any atom is -0.301 e. The highest BCUT2D eigenvalue weighted by atomic mass is 35.5. The molecule has 1 aromatic heterocycles. The Hall–Kier alpha value is -0.570. The lowest BCUT2D eigenvalue weighted by Gasteiger charge is -2.32. The summed E-state index contributed by atoms with van der Waals surface area (Å²) in [4.78, 5) is 0. The van der Waals surface area contributed by atoms with Crippen LogP contribution in [0.15, 0.2) is 6.33 Å². The second-order valence-corrected chi connectivity index (χ2v) is 4.77. The summed E-state index contributed by atoms with van der Waals surface area (Å²) in [6, 6.07) is 0.503. The third kappa shape index (κ3) is 1.78. The lowest BCUT2D eigenvalue weighted by atomic mass is 9.79. The Morgan fingerprint density at radius 2 is 2.14 bits per heavy atom. The predicted molar refractivity (Wildman–Crippen MR) is 56.2 cm³/mol. The minimum atomic E-state index is 0.503. The topological polar surface area (TPSA) is 30.7 Å². The number of nitrogens with zero attached hydrogens (tertiary/aromatic N) is 3. The number of hydrogen-bond acceptors (Lipinski definition) is 2. The molecule has 0 spiro atoms. The molecule has 4 heteroatoms. The van der Waals surface area contributed by atoms with Crippen molar-refractivity contribution in [1.82, 2.24) is 14.8 Å². The first kappa shape index (κ1) is 9.97. The van der Waals surface area contributed by atoms with Crippen molar-refractivity contribution < 1.29 is 0 Å². The molecule has 0 aromatic carbocycles. The average Bonchev–Trinajstić information content (AvgIpc) is 2.57. The summed E-state index contributed by atoms with van der Waals surface area (Å²) in [7, 11) is 0. The predicted octanol–water partition coefficient (Wildman–Crippen LogP) is 2.93. The number of rotatable bonds is 1. The van der Waals surface area contributed by atoms with Gasteiger partial charge in [0.2, 0.25) is 5.28 Å². The Morgan fingerprint density at radius 3 is 2.71 bits per heavy atom. The van der Waals surface area contributed by atoms with Gasteiger partial charge in [-0.2, -0.15) is 0 Å². The molecule has 1 heterocycles. The van der Waals surface area contributed by atoms with Crippen LogP contribution < -0.4 is 0 Å². The zero-order chi connectivity index (χ0) is 10.1. The maximum atomic E-state index is 5.95. The van der Waals surface area contributed by atoms with E-state index in [1.807, 2.05) is 4.57 Å². The van der Waals surface area contributed by atoms with Gasteiger partial charge in [0.05, 0.1) is 0 Å². The van der Waals surface area contributed by atoms with E-state index in [-0.39, 0.29) is 0 Å². The molecule has 1 aromatic rings. The molecule has 0 saturated heterocycles. The summed E-state index contributed by atoms with van der Waals surface area (Å²) in [5.41, 5.74) is 0. The Balaban J connectivity index is 2.10. The molecular formula is C10H16ClN3. The van der Waals surface area contributed by atoms with Gasteiger partial charge in [-0.1, -0.05) is 13.8 Å². The smallest absolute Gasteiger partial charge is 0.225 e. The SMILES string of the molecule is CC1CCC(n2cnnc2Cl)CC1C. The van der Waals surface area contributed by atoms with Crippen LogP contribution in [0.5, 0.6) is 0 Å². The van der Waals surface area contributed by atoms with Gasteiger partial charge in [0.1, 0.15) is 6.33 Å². The highest BCUT2D eigenvalue weighted by molar-refractivity contribution is 6.28. The van der Waals surface area contributed by atoms with Gasteiger partial charge >= 0.3 is 0 Å². The van der Waals surface area contributed by atoms with Crippen molar-refractivity contribution in [3.63, 3.8) is 0 Å². The van der Waals surface area contributed by atoms with Crippen LogP contribution in [-0.4, -0.2) is 14.8 Å². The minimum absolute atomic E-state index is 0.503. The van der Waals surface area contributed by atoms with Crippen molar-refractivity contribution in [2.75, 3.05) is 0 Å². The zero-order valence-corrected chi connectivity index (χ0v) is 9.41. The Labute approximate surface area is 89.5 Å². The van der Waals surface area contributed by atoms with Crippen molar-refractivity contribution in [2.24, 2.45) is 11.8 Å². The van der Waals surface area contributed by atoms with Gasteiger partial charge in [0.25, 0.3) is 0 Å². The molecule has 1 fully saturated rings. The molecule has 0 N–H and O–H groups in total. The van der Waals surface area contributed by atoms with Crippen LogP contribution in [0.1, 0.15) is 39.2 Å². The van der Waals surface area contributed by atoms with Gasteiger partial charge in [-0.3, -0.25) is 0 Å². The second-order valence-electron chi connectivity index (χ2n) is 4.43. The van der Waals surface area contributed by atoms with Gasteiger partial charge in [-0.25, -0.2) is 0 Å². The summed E-state index contributed by atoms with van der Waals surface area (Å²) in [5.74, 6) is 1.61. The van der Waals surface area contributed by atoms with E-state index < -0.39 is 0 Å². The van der Waals surface area contributed by atoms with Crippen molar-refractivity contribution in [3.8, 4) is 0 Å². The quantitative estimate of drug-likeness (QED) is 0.718. The van der Waals surface area contributed by atoms with Crippen LogP contribution in [0.3, 0.4) is 0 Å².